The summed E-state index contributed by atoms with van der Waals surface area (Å²) in [5.74, 6) is -0.0164. The summed E-state index contributed by atoms with van der Waals surface area (Å²) >= 11 is 3.97. The first kappa shape index (κ1) is 36.9. The third-order valence-corrected chi connectivity index (χ3v) is 11.8. The Balaban J connectivity index is 1.25. The quantitative estimate of drug-likeness (QED) is 0.124. The van der Waals surface area contributed by atoms with Crippen LogP contribution in [0.25, 0.3) is 0 Å². The van der Waals surface area contributed by atoms with Crippen LogP contribution in [0.4, 0.5) is 9.93 Å². The minimum atomic E-state index is -0.909. The van der Waals surface area contributed by atoms with Gasteiger partial charge in [-0.3, -0.25) is 14.5 Å². The molecule has 49 heavy (non-hydrogen) atoms. The second-order valence-corrected chi connectivity index (χ2v) is 15.9. The fourth-order valence-electron chi connectivity index (χ4n) is 6.07. The summed E-state index contributed by atoms with van der Waals surface area (Å²) in [5, 5.41) is 16.8. The first-order chi connectivity index (χ1) is 23.4. The number of aromatic nitrogens is 5. The van der Waals surface area contributed by atoms with Crippen molar-refractivity contribution in [2.24, 2.45) is 17.8 Å². The fraction of sp³-hybridized carbons (Fsp3) is 0.667. The highest BCUT2D eigenvalue weighted by molar-refractivity contribution is 8.01. The van der Waals surface area contributed by atoms with E-state index in [1.54, 1.807) is 10.1 Å². The van der Waals surface area contributed by atoms with Crippen LogP contribution in [-0.4, -0.2) is 115 Å². The van der Waals surface area contributed by atoms with E-state index in [1.165, 1.54) is 39.8 Å². The number of nitrogens with two attached hydrogens (primary N) is 1. The summed E-state index contributed by atoms with van der Waals surface area (Å²) in [7, 11) is 3.90. The van der Waals surface area contributed by atoms with Crippen LogP contribution in [0.3, 0.4) is 0 Å². The first-order valence-electron chi connectivity index (χ1n) is 16.1. The largest absolute Gasteiger partial charge is 0.511 e. The van der Waals surface area contributed by atoms with Crippen molar-refractivity contribution < 1.29 is 33.4 Å². The minimum Gasteiger partial charge on any atom is -0.431 e. The van der Waals surface area contributed by atoms with Gasteiger partial charge in [-0.2, -0.15) is 0 Å². The zero-order valence-electron chi connectivity index (χ0n) is 28.2. The van der Waals surface area contributed by atoms with Crippen LogP contribution in [0.1, 0.15) is 45.7 Å². The second kappa shape index (κ2) is 16.5. The van der Waals surface area contributed by atoms with Crippen molar-refractivity contribution in [3.05, 3.63) is 22.3 Å². The van der Waals surface area contributed by atoms with Crippen LogP contribution in [0.15, 0.2) is 21.8 Å². The second-order valence-electron chi connectivity index (χ2n) is 13.0. The van der Waals surface area contributed by atoms with Gasteiger partial charge in [-0.05, 0) is 60.7 Å². The molecule has 2 amide bonds. The average Bonchev–Trinajstić information content (AvgIpc) is 3.68. The summed E-state index contributed by atoms with van der Waals surface area (Å²) in [6.45, 7) is 6.96. The van der Waals surface area contributed by atoms with E-state index < -0.39 is 36.2 Å². The van der Waals surface area contributed by atoms with Crippen LogP contribution < -0.4 is 11.1 Å². The van der Waals surface area contributed by atoms with E-state index in [0.29, 0.717) is 45.7 Å². The van der Waals surface area contributed by atoms with Gasteiger partial charge in [0.15, 0.2) is 5.13 Å². The minimum absolute atomic E-state index is 0.0326. The Hall–Kier alpha value is -3.42. The van der Waals surface area contributed by atoms with E-state index in [9.17, 15) is 19.2 Å². The molecule has 0 aromatic carbocycles. The fourth-order valence-corrected chi connectivity index (χ4v) is 9.02. The van der Waals surface area contributed by atoms with Crippen molar-refractivity contribution in [1.82, 2.24) is 40.3 Å². The highest BCUT2D eigenvalue weighted by Gasteiger charge is 2.54. The third kappa shape index (κ3) is 9.23. The molecule has 1 saturated carbocycles. The predicted octanol–water partition coefficient (Wildman–Crippen LogP) is 2.38. The number of thiazole rings is 1. The van der Waals surface area contributed by atoms with Gasteiger partial charge in [-0.15, -0.1) is 28.2 Å². The Labute approximate surface area is 297 Å². The number of amides is 2. The van der Waals surface area contributed by atoms with Crippen molar-refractivity contribution in [3.63, 3.8) is 0 Å². The van der Waals surface area contributed by atoms with Gasteiger partial charge in [0, 0.05) is 23.4 Å². The molecule has 2 aliphatic heterocycles. The SMILES string of the molecule is CC1CCC(C(C)C)C(OC(=O)OCOC(=O)C2=C(CSc3nnnn3CCN(C)C)CS[C@H]3[C@H](NC(=O)Cc4csc(N)n4)C(=O)N23)C1. The van der Waals surface area contributed by atoms with Gasteiger partial charge in [-0.25, -0.2) is 19.3 Å². The normalized spacial score (nSPS) is 23.7. The molecule has 16 nitrogen and oxygen atoms in total. The number of carbonyl (C=O) groups is 4. The highest BCUT2D eigenvalue weighted by atomic mass is 32.2. The van der Waals surface area contributed by atoms with E-state index >= 15 is 0 Å². The van der Waals surface area contributed by atoms with E-state index in [1.807, 2.05) is 19.0 Å². The number of esters is 1. The molecule has 3 unspecified atom stereocenters. The lowest BCUT2D eigenvalue weighted by molar-refractivity contribution is -0.158. The van der Waals surface area contributed by atoms with Gasteiger partial charge in [0.1, 0.15) is 23.2 Å². The number of hydrogen-bond acceptors (Lipinski definition) is 16. The topological polar surface area (TPSA) is 197 Å². The standard InChI is InChI=1S/C30H43N9O7S3/c1-16(2)20-7-6-17(3)10-21(20)46-30(43)45-15-44-27(42)24-18(13-49-29-34-35-36-38(29)9-8-37(4)5)12-47-26-23(25(41)39(24)26)33-22(40)11-19-14-48-28(31)32-19/h14,16-17,20-21,23,26H,6-13,15H2,1-5H3,(H2,31,32)(H,33,40)/t17?,20?,21?,23-,26+/m1/s1. The summed E-state index contributed by atoms with van der Waals surface area (Å²) < 4.78 is 17.9. The van der Waals surface area contributed by atoms with Gasteiger partial charge >= 0.3 is 12.1 Å². The number of rotatable bonds is 14. The number of hydrogen-bond donors (Lipinski definition) is 2. The molecule has 4 heterocycles. The number of nitrogen functional groups attached to an aromatic ring is 1. The van der Waals surface area contributed by atoms with E-state index in [2.05, 4.69) is 46.6 Å². The number of nitrogens with one attached hydrogen (secondary N) is 1. The Morgan fingerprint density at radius 3 is 2.73 bits per heavy atom. The van der Waals surface area contributed by atoms with Crippen molar-refractivity contribution in [1.29, 1.82) is 0 Å². The molecule has 2 fully saturated rings. The summed E-state index contributed by atoms with van der Waals surface area (Å²) in [6.07, 6.45) is 1.57. The van der Waals surface area contributed by atoms with Gasteiger partial charge in [0.25, 0.3) is 5.91 Å². The Morgan fingerprint density at radius 2 is 2.02 bits per heavy atom. The van der Waals surface area contributed by atoms with Crippen molar-refractivity contribution in [2.45, 2.75) is 75.7 Å². The van der Waals surface area contributed by atoms with Gasteiger partial charge in [0.05, 0.1) is 18.7 Å². The molecule has 3 N–H and O–H groups in total. The maximum absolute atomic E-state index is 13.6. The molecule has 2 aromatic heterocycles. The Morgan fingerprint density at radius 1 is 1.22 bits per heavy atom. The number of ether oxygens (including phenoxy) is 3. The van der Waals surface area contributed by atoms with Crippen LogP contribution in [0, 0.1) is 17.8 Å². The number of β-lactam (4-membered cyclic amide) rings is 1. The molecule has 5 atom stereocenters. The van der Waals surface area contributed by atoms with Crippen LogP contribution in [-0.2, 0) is 41.6 Å². The van der Waals surface area contributed by atoms with Crippen LogP contribution >= 0.6 is 34.9 Å². The Bertz CT molecular complexity index is 1550. The number of carbonyl (C=O) groups excluding carboxylic acids is 4. The lowest BCUT2D eigenvalue weighted by Gasteiger charge is -2.49. The maximum atomic E-state index is 13.6. The monoisotopic (exact) mass is 737 g/mol. The number of thioether (sulfide) groups is 2. The van der Waals surface area contributed by atoms with Crippen LogP contribution in [0.5, 0.6) is 0 Å². The molecule has 2 aromatic rings. The summed E-state index contributed by atoms with van der Waals surface area (Å²) in [6, 6.07) is -0.846. The van der Waals surface area contributed by atoms with E-state index in [-0.39, 0.29) is 35.8 Å². The molecule has 0 radical (unpaired) electrons. The first-order valence-corrected chi connectivity index (χ1v) is 19.0. The average molecular weight is 738 g/mol. The highest BCUT2D eigenvalue weighted by Crippen LogP contribution is 2.42. The van der Waals surface area contributed by atoms with E-state index in [0.717, 1.165) is 25.8 Å². The zero-order chi connectivity index (χ0) is 35.2. The smallest absolute Gasteiger partial charge is 0.431 e. The van der Waals surface area contributed by atoms with Gasteiger partial charge in [-0.1, -0.05) is 39.0 Å². The third-order valence-electron chi connectivity index (χ3n) is 8.68. The number of nitrogens with zero attached hydrogens (tertiary/aromatic N) is 7. The molecule has 19 heteroatoms. The summed E-state index contributed by atoms with van der Waals surface area (Å²) in [5.41, 5.74) is 6.85. The van der Waals surface area contributed by atoms with Crippen molar-refractivity contribution >= 4 is 63.9 Å². The number of tetrazole rings is 1. The number of anilines is 1. The van der Waals surface area contributed by atoms with Gasteiger partial charge < -0.3 is 30.2 Å². The molecular formula is C30H43N9O7S3. The lowest BCUT2D eigenvalue weighted by Crippen LogP contribution is -2.70. The molecule has 1 aliphatic carbocycles. The summed E-state index contributed by atoms with van der Waals surface area (Å²) in [4.78, 5) is 59.9. The molecule has 3 aliphatic rings. The molecular weight excluding hydrogens is 695 g/mol. The number of fused-ring (bicyclic) bond motifs is 1. The van der Waals surface area contributed by atoms with Gasteiger partial charge in [0.2, 0.25) is 17.9 Å². The van der Waals surface area contributed by atoms with E-state index in [4.69, 9.17) is 19.9 Å². The Kier molecular flexibility index (Phi) is 12.4. The molecule has 5 rings (SSSR count). The molecule has 0 bridgehead atoms. The molecule has 268 valence electrons. The number of likely N-dealkylation sites (N-methyl/N-ethyl adjacent to an activating group) is 1. The lowest BCUT2D eigenvalue weighted by atomic mass is 9.75. The maximum Gasteiger partial charge on any atom is 0.511 e. The molecule has 1 saturated heterocycles. The predicted molar refractivity (Wildman–Crippen MR) is 183 cm³/mol. The van der Waals surface area contributed by atoms with Crippen LogP contribution in [0.2, 0.25) is 0 Å². The van der Waals surface area contributed by atoms with Crippen molar-refractivity contribution in [3.8, 4) is 0 Å². The molecule has 0 spiro atoms. The zero-order valence-corrected chi connectivity index (χ0v) is 30.6. The van der Waals surface area contributed by atoms with Crippen molar-refractivity contribution in [2.75, 3.05) is 44.7 Å².